The minimum Gasteiger partial charge on any atom is -0.383 e. The Hall–Kier alpha value is -1.95. The van der Waals surface area contributed by atoms with Gasteiger partial charge in [0.05, 0.1) is 11.5 Å². The number of benzene rings is 1. The number of hydrogen-bond acceptors (Lipinski definition) is 5. The highest BCUT2D eigenvalue weighted by Crippen LogP contribution is 2.24. The number of anilines is 1. The maximum atomic E-state index is 11.0. The summed E-state index contributed by atoms with van der Waals surface area (Å²) in [5.74, 6) is 0. The number of nitrogens with zero attached hydrogens (tertiary/aromatic N) is 2. The fraction of sp³-hybridized carbons (Fsp3) is 0.417. The minimum atomic E-state index is -0.518. The number of rotatable bonds is 6. The molecule has 0 spiro atoms. The smallest absolute Gasteiger partial charge is 0.270 e. The molecule has 0 saturated heterocycles. The number of non-ortho nitro benzene ring substituents is 1. The van der Waals surface area contributed by atoms with E-state index < -0.39 is 4.92 Å². The molecule has 0 radical (unpaired) electrons. The molecule has 6 heteroatoms. The van der Waals surface area contributed by atoms with Crippen LogP contribution in [0.4, 0.5) is 11.4 Å². The molecule has 18 heavy (non-hydrogen) atoms. The molecule has 0 fully saturated rings. The lowest BCUT2D eigenvalue weighted by atomic mass is 10.1. The van der Waals surface area contributed by atoms with E-state index in [-0.39, 0.29) is 11.7 Å². The number of ether oxygens (including phenoxy) is 1. The molecular formula is C12H16N2O4. The minimum absolute atomic E-state index is 0.0650. The van der Waals surface area contributed by atoms with Crippen molar-refractivity contribution in [1.29, 1.82) is 0 Å². The van der Waals surface area contributed by atoms with Crippen LogP contribution in [-0.2, 0) is 4.74 Å². The average molecular weight is 252 g/mol. The lowest BCUT2D eigenvalue weighted by Crippen LogP contribution is -2.33. The van der Waals surface area contributed by atoms with Crippen LogP contribution in [0.2, 0.25) is 0 Å². The monoisotopic (exact) mass is 252 g/mol. The third-order valence-electron chi connectivity index (χ3n) is 2.80. The zero-order valence-corrected chi connectivity index (χ0v) is 10.6. The Morgan fingerprint density at radius 3 is 2.72 bits per heavy atom. The number of methoxy groups -OCH3 is 1. The Kier molecular flexibility index (Phi) is 4.79. The van der Waals surface area contributed by atoms with E-state index in [1.807, 2.05) is 18.9 Å². The van der Waals surface area contributed by atoms with Crippen LogP contribution in [0.1, 0.15) is 17.3 Å². The second-order valence-corrected chi connectivity index (χ2v) is 4.03. The Labute approximate surface area is 105 Å². The van der Waals surface area contributed by atoms with Gasteiger partial charge in [0.2, 0.25) is 0 Å². The van der Waals surface area contributed by atoms with Crippen molar-refractivity contribution in [2.75, 3.05) is 25.7 Å². The van der Waals surface area contributed by atoms with Gasteiger partial charge in [-0.05, 0) is 13.0 Å². The highest BCUT2D eigenvalue weighted by Gasteiger charge is 2.16. The fourth-order valence-electron chi connectivity index (χ4n) is 1.66. The molecule has 6 nitrogen and oxygen atoms in total. The van der Waals surface area contributed by atoms with Gasteiger partial charge in [-0.1, -0.05) is 0 Å². The maximum Gasteiger partial charge on any atom is 0.270 e. The Bertz CT molecular complexity index is 448. The highest BCUT2D eigenvalue weighted by atomic mass is 16.6. The van der Waals surface area contributed by atoms with Crippen LogP contribution in [0, 0.1) is 10.1 Å². The zero-order chi connectivity index (χ0) is 13.7. The van der Waals surface area contributed by atoms with Crippen LogP contribution in [0.15, 0.2) is 18.2 Å². The Morgan fingerprint density at radius 1 is 1.56 bits per heavy atom. The summed E-state index contributed by atoms with van der Waals surface area (Å²) < 4.78 is 5.04. The molecule has 1 aromatic rings. The molecule has 1 aromatic carbocycles. The number of nitro groups is 1. The SMILES string of the molecule is COCC(C)N(C)c1ccc([N+](=O)[O-])cc1C=O. The topological polar surface area (TPSA) is 72.7 Å². The van der Waals surface area contributed by atoms with E-state index >= 15 is 0 Å². The third-order valence-corrected chi connectivity index (χ3v) is 2.80. The number of aldehydes is 1. The van der Waals surface area contributed by atoms with Crippen molar-refractivity contribution in [1.82, 2.24) is 0 Å². The predicted molar refractivity (Wildman–Crippen MR) is 68.2 cm³/mol. The number of carbonyl (C=O) groups excluding carboxylic acids is 1. The summed E-state index contributed by atoms with van der Waals surface area (Å²) in [7, 11) is 3.42. The van der Waals surface area contributed by atoms with Gasteiger partial charge in [0.15, 0.2) is 6.29 Å². The van der Waals surface area contributed by atoms with Gasteiger partial charge in [-0.2, -0.15) is 0 Å². The Balaban J connectivity index is 3.08. The van der Waals surface area contributed by atoms with Crippen molar-refractivity contribution in [3.05, 3.63) is 33.9 Å². The molecule has 0 aliphatic rings. The van der Waals surface area contributed by atoms with Gasteiger partial charge in [-0.15, -0.1) is 0 Å². The van der Waals surface area contributed by atoms with Crippen LogP contribution in [-0.4, -0.2) is 38.0 Å². The lowest BCUT2D eigenvalue weighted by Gasteiger charge is -2.27. The summed E-state index contributed by atoms with van der Waals surface area (Å²) in [6, 6.07) is 4.31. The van der Waals surface area contributed by atoms with Crippen LogP contribution in [0.5, 0.6) is 0 Å². The molecule has 0 N–H and O–H groups in total. The number of likely N-dealkylation sites (N-methyl/N-ethyl adjacent to an activating group) is 1. The third kappa shape index (κ3) is 3.04. The van der Waals surface area contributed by atoms with Gasteiger partial charge in [-0.3, -0.25) is 14.9 Å². The van der Waals surface area contributed by atoms with Crippen molar-refractivity contribution in [3.8, 4) is 0 Å². The normalized spacial score (nSPS) is 11.9. The van der Waals surface area contributed by atoms with Crippen LogP contribution in [0.25, 0.3) is 0 Å². The van der Waals surface area contributed by atoms with E-state index in [0.717, 1.165) is 0 Å². The van der Waals surface area contributed by atoms with E-state index in [1.165, 1.54) is 12.1 Å². The van der Waals surface area contributed by atoms with Gasteiger partial charge in [0.1, 0.15) is 0 Å². The molecule has 0 aliphatic heterocycles. The summed E-state index contributed by atoms with van der Waals surface area (Å²) in [5, 5.41) is 10.6. The van der Waals surface area contributed by atoms with E-state index in [2.05, 4.69) is 0 Å². The molecule has 0 aromatic heterocycles. The second kappa shape index (κ2) is 6.11. The average Bonchev–Trinajstić information content (AvgIpc) is 2.37. The van der Waals surface area contributed by atoms with Crippen molar-refractivity contribution in [3.63, 3.8) is 0 Å². The summed E-state index contributed by atoms with van der Waals surface area (Å²) in [6.45, 7) is 2.45. The predicted octanol–water partition coefficient (Wildman–Crippen LogP) is 1.88. The second-order valence-electron chi connectivity index (χ2n) is 4.03. The van der Waals surface area contributed by atoms with Crippen molar-refractivity contribution >= 4 is 17.7 Å². The molecule has 98 valence electrons. The number of nitro benzene ring substituents is 1. The van der Waals surface area contributed by atoms with E-state index in [1.54, 1.807) is 13.2 Å². The number of carbonyl (C=O) groups is 1. The molecule has 0 saturated carbocycles. The molecule has 1 atom stereocenters. The largest absolute Gasteiger partial charge is 0.383 e. The first-order valence-electron chi connectivity index (χ1n) is 5.46. The zero-order valence-electron chi connectivity index (χ0n) is 10.6. The van der Waals surface area contributed by atoms with Crippen molar-refractivity contribution in [2.24, 2.45) is 0 Å². The lowest BCUT2D eigenvalue weighted by molar-refractivity contribution is -0.384. The van der Waals surface area contributed by atoms with Crippen LogP contribution >= 0.6 is 0 Å². The first-order valence-corrected chi connectivity index (χ1v) is 5.46. The maximum absolute atomic E-state index is 11.0. The van der Waals surface area contributed by atoms with Gasteiger partial charge in [-0.25, -0.2) is 0 Å². The summed E-state index contributed by atoms with van der Waals surface area (Å²) in [5.41, 5.74) is 0.864. The molecule has 0 bridgehead atoms. The fourth-order valence-corrected chi connectivity index (χ4v) is 1.66. The van der Waals surface area contributed by atoms with Crippen LogP contribution < -0.4 is 4.90 Å². The van der Waals surface area contributed by atoms with Gasteiger partial charge in [0.25, 0.3) is 5.69 Å². The first-order chi connectivity index (χ1) is 8.51. The molecule has 0 amide bonds. The standard InChI is InChI=1S/C12H16N2O4/c1-9(8-18-3)13(2)12-5-4-11(14(16)17)6-10(12)7-15/h4-7,9H,8H2,1-3H3. The van der Waals surface area contributed by atoms with E-state index in [9.17, 15) is 14.9 Å². The summed E-state index contributed by atoms with van der Waals surface area (Å²) >= 11 is 0. The summed E-state index contributed by atoms with van der Waals surface area (Å²) in [6.07, 6.45) is 0.623. The van der Waals surface area contributed by atoms with E-state index in [4.69, 9.17) is 4.74 Å². The van der Waals surface area contributed by atoms with E-state index in [0.29, 0.717) is 24.1 Å². The van der Waals surface area contributed by atoms with Crippen LogP contribution in [0.3, 0.4) is 0 Å². The first kappa shape index (κ1) is 14.1. The molecule has 0 heterocycles. The number of hydrogen-bond donors (Lipinski definition) is 0. The van der Waals surface area contributed by atoms with Gasteiger partial charge in [0, 0.05) is 43.6 Å². The highest BCUT2D eigenvalue weighted by molar-refractivity contribution is 5.86. The molecule has 1 unspecified atom stereocenters. The Morgan fingerprint density at radius 2 is 2.22 bits per heavy atom. The summed E-state index contributed by atoms with van der Waals surface area (Å²) in [4.78, 5) is 23.0. The van der Waals surface area contributed by atoms with Gasteiger partial charge < -0.3 is 9.64 Å². The quantitative estimate of drug-likeness (QED) is 0.439. The molecule has 0 aliphatic carbocycles. The van der Waals surface area contributed by atoms with Crippen molar-refractivity contribution in [2.45, 2.75) is 13.0 Å². The molecular weight excluding hydrogens is 236 g/mol. The van der Waals surface area contributed by atoms with Gasteiger partial charge >= 0.3 is 0 Å². The van der Waals surface area contributed by atoms with Crippen molar-refractivity contribution < 1.29 is 14.5 Å². The molecule has 1 rings (SSSR count).